The maximum atomic E-state index is 4.85. The summed E-state index contributed by atoms with van der Waals surface area (Å²) in [5.41, 5.74) is 1.85. The van der Waals surface area contributed by atoms with E-state index in [1.807, 2.05) is 23.7 Å². The topological polar surface area (TPSA) is 9.23 Å². The fourth-order valence-electron chi connectivity index (χ4n) is 0.603. The van der Waals surface area contributed by atoms with E-state index in [-0.39, 0.29) is 18.9 Å². The average Bonchev–Trinajstić information content (AvgIpc) is 2.03. The van der Waals surface area contributed by atoms with Crippen LogP contribution in [-0.2, 0) is 4.74 Å². The number of ether oxygens (including phenoxy) is 1. The molecule has 0 aliphatic heterocycles. The zero-order valence-electron chi connectivity index (χ0n) is 6.78. The first kappa shape index (κ1) is 11.3. The molecule has 3 heteroatoms. The van der Waals surface area contributed by atoms with Crippen LogP contribution < -0.4 is 23.3 Å². The summed E-state index contributed by atoms with van der Waals surface area (Å²) in [6, 6.07) is 10.3. The average molecular weight is 207 g/mol. The summed E-state index contributed by atoms with van der Waals surface area (Å²) >= 11 is 0.371. The smallest absolute Gasteiger partial charge is 1.00 e. The second kappa shape index (κ2) is 6.97. The van der Waals surface area contributed by atoms with Crippen LogP contribution in [0.5, 0.6) is 0 Å². The summed E-state index contributed by atoms with van der Waals surface area (Å²) in [6.07, 6.45) is 0. The molecule has 0 aliphatic carbocycles. The summed E-state index contributed by atoms with van der Waals surface area (Å²) in [4.78, 5) is 0. The van der Waals surface area contributed by atoms with Crippen LogP contribution in [-0.4, -0.2) is 22.1 Å². The molecule has 0 bridgehead atoms. The van der Waals surface area contributed by atoms with Gasteiger partial charge in [0.05, 0.1) is 0 Å². The van der Waals surface area contributed by atoms with E-state index in [2.05, 4.69) is 12.1 Å². The predicted octanol–water partition coefficient (Wildman–Crippen LogP) is -2.21. The van der Waals surface area contributed by atoms with Gasteiger partial charge < -0.3 is 0 Å². The van der Waals surface area contributed by atoms with Crippen molar-refractivity contribution < 1.29 is 23.6 Å². The van der Waals surface area contributed by atoms with Crippen LogP contribution in [0.4, 0.5) is 0 Å². The van der Waals surface area contributed by atoms with E-state index < -0.39 is 0 Å². The van der Waals surface area contributed by atoms with Crippen LogP contribution >= 0.6 is 0 Å². The molecule has 0 saturated carbocycles. The molecule has 0 fully saturated rings. The summed E-state index contributed by atoms with van der Waals surface area (Å²) in [5, 5.41) is 0. The molecular formula is C8H9LiOSe. The van der Waals surface area contributed by atoms with E-state index in [4.69, 9.17) is 4.74 Å². The van der Waals surface area contributed by atoms with Gasteiger partial charge in [0, 0.05) is 0 Å². The number of hydrogen-bond acceptors (Lipinski definition) is 1. The molecule has 0 amide bonds. The molecule has 0 aromatic heterocycles. The molecule has 1 aromatic carbocycles. The molecule has 0 heterocycles. The Bertz CT molecular complexity index is 179. The number of hydrogen-bond donors (Lipinski definition) is 0. The molecule has 1 rings (SSSR count). The van der Waals surface area contributed by atoms with Gasteiger partial charge in [-0.2, -0.15) is 0 Å². The third-order valence-corrected chi connectivity index (χ3v) is 2.77. The van der Waals surface area contributed by atoms with Gasteiger partial charge in [0.2, 0.25) is 0 Å². The summed E-state index contributed by atoms with van der Waals surface area (Å²) < 4.78 is 6.19. The normalized spacial score (nSPS) is 8.82. The minimum absolute atomic E-state index is 0. The fourth-order valence-corrected chi connectivity index (χ4v) is 1.70. The van der Waals surface area contributed by atoms with Gasteiger partial charge in [-0.15, -0.1) is 0 Å². The molecule has 0 saturated heterocycles. The minimum atomic E-state index is 0. The van der Waals surface area contributed by atoms with Crippen LogP contribution in [0.15, 0.2) is 30.3 Å². The molecule has 1 nitrogen and oxygen atoms in total. The van der Waals surface area contributed by atoms with Crippen LogP contribution in [0.3, 0.4) is 0 Å². The first-order valence-corrected chi connectivity index (χ1v) is 4.84. The van der Waals surface area contributed by atoms with Gasteiger partial charge in [-0.25, -0.2) is 0 Å². The molecule has 0 radical (unpaired) electrons. The van der Waals surface area contributed by atoms with Crippen molar-refractivity contribution in [3.63, 3.8) is 0 Å². The first-order chi connectivity index (χ1) is 4.93. The van der Waals surface area contributed by atoms with Crippen LogP contribution in [0.1, 0.15) is 0 Å². The maximum absolute atomic E-state index is 4.85. The number of benzene rings is 1. The maximum Gasteiger partial charge on any atom is 1.00 e. The molecular weight excluding hydrogens is 198 g/mol. The first-order valence-electron chi connectivity index (χ1n) is 2.99. The Hall–Kier alpha value is 0.297. The Labute approximate surface area is 85.9 Å². The minimum Gasteiger partial charge on any atom is 1.00 e. The summed E-state index contributed by atoms with van der Waals surface area (Å²) in [7, 11) is 1.69. The monoisotopic (exact) mass is 208 g/mol. The second-order valence-electron chi connectivity index (χ2n) is 1.76. The zero-order valence-corrected chi connectivity index (χ0v) is 8.49. The van der Waals surface area contributed by atoms with E-state index in [0.717, 1.165) is 0 Å². The van der Waals surface area contributed by atoms with Gasteiger partial charge in [-0.3, -0.25) is 0 Å². The molecule has 1 aromatic rings. The number of methoxy groups -OCH3 is 1. The van der Waals surface area contributed by atoms with Gasteiger partial charge in [-0.05, 0) is 0 Å². The molecule has 11 heavy (non-hydrogen) atoms. The Balaban J connectivity index is 0.000001000. The van der Waals surface area contributed by atoms with Crippen LogP contribution in [0.2, 0.25) is 0 Å². The van der Waals surface area contributed by atoms with Gasteiger partial charge in [0.25, 0.3) is 0 Å². The van der Waals surface area contributed by atoms with Crippen molar-refractivity contribution in [1.29, 1.82) is 0 Å². The van der Waals surface area contributed by atoms with Crippen LogP contribution in [0.25, 0.3) is 0 Å². The van der Waals surface area contributed by atoms with Crippen molar-refractivity contribution in [2.75, 3.05) is 7.11 Å². The van der Waals surface area contributed by atoms with Crippen molar-refractivity contribution in [2.45, 2.75) is 0 Å². The predicted molar refractivity (Wildman–Crippen MR) is 43.1 cm³/mol. The van der Waals surface area contributed by atoms with Crippen LogP contribution in [0, 0.1) is 5.51 Å². The standard InChI is InChI=1S/C8H9OSe.Li/c1-9-7-10-8-5-3-2-4-6-8;/h2-7H,1H3;/q-1;+1. The van der Waals surface area contributed by atoms with Gasteiger partial charge in [0.1, 0.15) is 0 Å². The van der Waals surface area contributed by atoms with Crippen molar-refractivity contribution in [2.24, 2.45) is 0 Å². The Morgan fingerprint density at radius 2 is 1.91 bits per heavy atom. The second-order valence-corrected chi connectivity index (χ2v) is 3.65. The van der Waals surface area contributed by atoms with Gasteiger partial charge in [0.15, 0.2) is 0 Å². The van der Waals surface area contributed by atoms with Gasteiger partial charge >= 0.3 is 86.0 Å². The Morgan fingerprint density at radius 1 is 1.27 bits per heavy atom. The van der Waals surface area contributed by atoms with E-state index in [0.29, 0.717) is 15.0 Å². The van der Waals surface area contributed by atoms with Gasteiger partial charge in [-0.1, -0.05) is 0 Å². The largest absolute Gasteiger partial charge is 1.00 e. The number of rotatable bonds is 3. The summed E-state index contributed by atoms with van der Waals surface area (Å²) in [6.45, 7) is 0. The molecule has 0 unspecified atom stereocenters. The van der Waals surface area contributed by atoms with Crippen molar-refractivity contribution in [3.8, 4) is 0 Å². The van der Waals surface area contributed by atoms with E-state index in [1.165, 1.54) is 4.46 Å². The molecule has 0 spiro atoms. The third-order valence-electron chi connectivity index (χ3n) is 1.02. The van der Waals surface area contributed by atoms with E-state index >= 15 is 0 Å². The zero-order chi connectivity index (χ0) is 7.23. The molecule has 0 atom stereocenters. The molecule has 0 aliphatic rings. The SMILES string of the molecule is CO[CH-][Se]c1ccccc1.[Li+]. The summed E-state index contributed by atoms with van der Waals surface area (Å²) in [5.74, 6) is 0. The Morgan fingerprint density at radius 3 is 2.45 bits per heavy atom. The molecule has 54 valence electrons. The molecule has 0 N–H and O–H groups in total. The van der Waals surface area contributed by atoms with E-state index in [9.17, 15) is 0 Å². The van der Waals surface area contributed by atoms with Crippen molar-refractivity contribution >= 4 is 19.4 Å². The quantitative estimate of drug-likeness (QED) is 0.403. The van der Waals surface area contributed by atoms with Crippen molar-refractivity contribution in [3.05, 3.63) is 35.8 Å². The fraction of sp³-hybridized carbons (Fsp3) is 0.125. The Kier molecular flexibility index (Phi) is 7.16. The van der Waals surface area contributed by atoms with E-state index in [1.54, 1.807) is 7.11 Å². The third kappa shape index (κ3) is 4.69. The van der Waals surface area contributed by atoms with Crippen molar-refractivity contribution in [1.82, 2.24) is 0 Å².